The number of benzene rings is 4. The molecule has 2 unspecified atom stereocenters. The summed E-state index contributed by atoms with van der Waals surface area (Å²) < 4.78 is 3.06. The van der Waals surface area contributed by atoms with Crippen molar-refractivity contribution in [3.8, 4) is 0 Å². The number of hydrogen-bond donors (Lipinski definition) is 0. The van der Waals surface area contributed by atoms with Gasteiger partial charge in [0.05, 0.1) is 0 Å². The van der Waals surface area contributed by atoms with E-state index in [0.29, 0.717) is 23.2 Å². The van der Waals surface area contributed by atoms with Gasteiger partial charge in [0.15, 0.2) is 0 Å². The van der Waals surface area contributed by atoms with Crippen LogP contribution in [0.5, 0.6) is 0 Å². The molecule has 5 rings (SSSR count). The van der Waals surface area contributed by atoms with Crippen molar-refractivity contribution in [2.75, 3.05) is 6.54 Å². The van der Waals surface area contributed by atoms with E-state index in [1.54, 1.807) is 11.1 Å². The molecule has 1 saturated heterocycles. The maximum Gasteiger partial charge on any atom is 0.0318 e. The highest BCUT2D eigenvalue weighted by Gasteiger charge is 2.53. The Hall–Kier alpha value is -2.30. The van der Waals surface area contributed by atoms with Crippen molar-refractivity contribution >= 4 is 26.8 Å². The summed E-state index contributed by atoms with van der Waals surface area (Å²) in [5.41, 5.74) is 4.22. The van der Waals surface area contributed by atoms with Crippen molar-refractivity contribution in [2.24, 2.45) is 11.8 Å². The van der Waals surface area contributed by atoms with Gasteiger partial charge in [0, 0.05) is 25.9 Å². The maximum atomic E-state index is 3.06. The second kappa shape index (κ2) is 13.9. The van der Waals surface area contributed by atoms with Gasteiger partial charge in [-0.25, -0.2) is 0 Å². The first-order valence-electron chi connectivity index (χ1n) is 14.8. The monoisotopic (exact) mass is 551 g/mol. The Morgan fingerprint density at radius 1 is 0.564 bits per heavy atom. The highest BCUT2D eigenvalue weighted by atomic mass is 31.2. The van der Waals surface area contributed by atoms with Gasteiger partial charge in [0.25, 0.3) is 0 Å². The zero-order valence-electron chi connectivity index (χ0n) is 23.7. The molecule has 0 amide bonds. The minimum absolute atomic E-state index is 0.514. The van der Waals surface area contributed by atoms with Gasteiger partial charge in [-0.2, -0.15) is 0 Å². The third-order valence-electron chi connectivity index (χ3n) is 8.37. The number of rotatable bonds is 11. The molecule has 0 bridgehead atoms. The second-order valence-corrected chi connectivity index (χ2v) is 15.5. The Labute approximate surface area is 239 Å². The number of nitrogens with zero attached hydrogens (tertiary/aromatic N) is 1. The zero-order valence-corrected chi connectivity index (χ0v) is 25.5. The molecule has 3 heteroatoms. The lowest BCUT2D eigenvalue weighted by Crippen LogP contribution is -2.28. The van der Waals surface area contributed by atoms with Gasteiger partial charge in [-0.1, -0.05) is 161 Å². The van der Waals surface area contributed by atoms with Gasteiger partial charge < -0.3 is 0 Å². The summed E-state index contributed by atoms with van der Waals surface area (Å²) in [6, 6.07) is 45.9. The predicted octanol–water partition coefficient (Wildman–Crippen LogP) is 10.1. The van der Waals surface area contributed by atoms with E-state index < -0.39 is 16.1 Å². The molecule has 0 aliphatic carbocycles. The van der Waals surface area contributed by atoms with Crippen LogP contribution in [0, 0.1) is 11.8 Å². The largest absolute Gasteiger partial charge is 0.251 e. The fourth-order valence-electron chi connectivity index (χ4n) is 6.65. The van der Waals surface area contributed by atoms with Crippen LogP contribution in [-0.4, -0.2) is 11.0 Å². The van der Waals surface area contributed by atoms with E-state index in [4.69, 9.17) is 0 Å². The molecule has 0 aromatic heterocycles. The van der Waals surface area contributed by atoms with Crippen LogP contribution < -0.4 is 10.6 Å². The molecule has 4 aromatic carbocycles. The molecule has 202 valence electrons. The van der Waals surface area contributed by atoms with Gasteiger partial charge in [-0.3, -0.25) is 4.44 Å². The Balaban J connectivity index is 1.75. The first-order valence-corrected chi connectivity index (χ1v) is 17.6. The van der Waals surface area contributed by atoms with E-state index in [2.05, 4.69) is 147 Å². The average molecular weight is 552 g/mol. The molecule has 0 radical (unpaired) electrons. The summed E-state index contributed by atoms with van der Waals surface area (Å²) in [7, 11) is -1.17. The Bertz CT molecular complexity index is 1160. The van der Waals surface area contributed by atoms with Crippen LogP contribution in [0.15, 0.2) is 121 Å². The van der Waals surface area contributed by atoms with E-state index in [1.807, 2.05) is 0 Å². The molecule has 1 aliphatic heterocycles. The smallest absolute Gasteiger partial charge is 0.0318 e. The fourth-order valence-corrected chi connectivity index (χ4v) is 14.7. The summed E-state index contributed by atoms with van der Waals surface area (Å²) in [5.74, 6) is 1.36. The summed E-state index contributed by atoms with van der Waals surface area (Å²) in [6.45, 7) is 8.38. The fraction of sp³-hybridized carbons (Fsp3) is 0.333. The third-order valence-corrected chi connectivity index (χ3v) is 15.0. The lowest BCUT2D eigenvalue weighted by Gasteiger charge is -2.43. The summed E-state index contributed by atoms with van der Waals surface area (Å²) in [5, 5.41) is 2.95. The topological polar surface area (TPSA) is 3.24 Å². The minimum atomic E-state index is -0.657. The molecule has 4 atom stereocenters. The van der Waals surface area contributed by atoms with Crippen molar-refractivity contribution in [2.45, 2.75) is 57.8 Å². The minimum Gasteiger partial charge on any atom is -0.251 e. The SMILES string of the molecule is CCCCN(P(c1ccccc1)c1ccccc1)P1[C@H](c2ccccc2)C(CC)C(CC)[C@H]1c1ccccc1. The Morgan fingerprint density at radius 2 is 0.949 bits per heavy atom. The van der Waals surface area contributed by atoms with Crippen molar-refractivity contribution in [1.29, 1.82) is 0 Å². The molecule has 0 saturated carbocycles. The summed E-state index contributed by atoms with van der Waals surface area (Å²) in [6.07, 6.45) is 4.91. The van der Waals surface area contributed by atoms with E-state index >= 15 is 0 Å². The average Bonchev–Trinajstić information content (AvgIpc) is 3.35. The molecule has 39 heavy (non-hydrogen) atoms. The van der Waals surface area contributed by atoms with Crippen LogP contribution in [0.3, 0.4) is 0 Å². The maximum absolute atomic E-state index is 3.06. The summed E-state index contributed by atoms with van der Waals surface area (Å²) in [4.78, 5) is 0. The first kappa shape index (κ1) is 28.2. The molecule has 1 nitrogen and oxygen atoms in total. The van der Waals surface area contributed by atoms with Crippen molar-refractivity contribution < 1.29 is 0 Å². The van der Waals surface area contributed by atoms with E-state index in [0.717, 1.165) is 6.54 Å². The number of unbranched alkanes of at least 4 members (excludes halogenated alkanes) is 1. The highest BCUT2D eigenvalue weighted by Crippen LogP contribution is 2.80. The number of hydrogen-bond acceptors (Lipinski definition) is 1. The summed E-state index contributed by atoms with van der Waals surface area (Å²) >= 11 is 0. The van der Waals surface area contributed by atoms with Crippen molar-refractivity contribution in [1.82, 2.24) is 4.44 Å². The normalized spacial score (nSPS) is 22.9. The standard InChI is InChI=1S/C36H43NP2/c1-4-7-28-37(38(31-24-16-10-17-25-31)32-26-18-11-19-27-32)39-35(29-20-12-8-13-21-29)33(5-2)34(6-3)36(39)30-22-14-9-15-23-30/h8-27,33-36H,4-7,28H2,1-3H3/t33?,34?,35-,36-,39?/m1/s1. The van der Waals surface area contributed by atoms with Crippen molar-refractivity contribution in [3.05, 3.63) is 132 Å². The molecule has 1 aliphatic rings. The van der Waals surface area contributed by atoms with Gasteiger partial charge in [0.2, 0.25) is 0 Å². The van der Waals surface area contributed by atoms with Crippen LogP contribution in [-0.2, 0) is 0 Å². The molecule has 0 spiro atoms. The van der Waals surface area contributed by atoms with Gasteiger partial charge in [-0.05, 0) is 48.1 Å². The molecule has 4 aromatic rings. The highest BCUT2D eigenvalue weighted by molar-refractivity contribution is 7.79. The molecule has 0 N–H and O–H groups in total. The Morgan fingerprint density at radius 3 is 1.31 bits per heavy atom. The van der Waals surface area contributed by atoms with Gasteiger partial charge in [-0.15, -0.1) is 0 Å². The van der Waals surface area contributed by atoms with Crippen LogP contribution >= 0.6 is 16.1 Å². The van der Waals surface area contributed by atoms with Gasteiger partial charge >= 0.3 is 0 Å². The first-order chi connectivity index (χ1) is 19.3. The molecule has 1 heterocycles. The predicted molar refractivity (Wildman–Crippen MR) is 174 cm³/mol. The third kappa shape index (κ3) is 6.07. The Kier molecular flexibility index (Phi) is 10.0. The zero-order chi connectivity index (χ0) is 27.0. The van der Waals surface area contributed by atoms with Crippen LogP contribution in [0.2, 0.25) is 0 Å². The van der Waals surface area contributed by atoms with Crippen molar-refractivity contribution in [3.63, 3.8) is 0 Å². The molecular formula is C36H43NP2. The van der Waals surface area contributed by atoms with E-state index in [1.165, 1.54) is 36.3 Å². The second-order valence-electron chi connectivity index (χ2n) is 10.7. The molecule has 1 fully saturated rings. The lowest BCUT2D eigenvalue weighted by atomic mass is 9.80. The van der Waals surface area contributed by atoms with Crippen LogP contribution in [0.1, 0.15) is 68.9 Å². The quantitative estimate of drug-likeness (QED) is 0.168. The van der Waals surface area contributed by atoms with E-state index in [9.17, 15) is 0 Å². The molecular weight excluding hydrogens is 508 g/mol. The van der Waals surface area contributed by atoms with Crippen LogP contribution in [0.4, 0.5) is 0 Å². The lowest BCUT2D eigenvalue weighted by molar-refractivity contribution is 0.324. The van der Waals surface area contributed by atoms with Gasteiger partial charge in [0.1, 0.15) is 0 Å². The van der Waals surface area contributed by atoms with Crippen LogP contribution in [0.25, 0.3) is 0 Å². The van der Waals surface area contributed by atoms with E-state index in [-0.39, 0.29) is 0 Å².